The van der Waals surface area contributed by atoms with Gasteiger partial charge in [-0.3, -0.25) is 0 Å². The average molecular weight is 311 g/mol. The maximum atomic E-state index is 12.6. The number of imidazole rings is 1. The molecule has 0 radical (unpaired) electrons. The summed E-state index contributed by atoms with van der Waals surface area (Å²) in [7, 11) is -2.62. The highest BCUT2D eigenvalue weighted by Gasteiger charge is 2.31. The van der Waals surface area contributed by atoms with Gasteiger partial charge in [0.05, 0.1) is 7.11 Å². The first-order valence-corrected chi connectivity index (χ1v) is 7.32. The second-order valence-electron chi connectivity index (χ2n) is 4.32. The predicted octanol–water partition coefficient (Wildman–Crippen LogP) is 1.65. The van der Waals surface area contributed by atoms with Crippen molar-refractivity contribution in [3.8, 4) is 5.75 Å². The molecule has 0 bridgehead atoms. The number of hydrogen-bond donors (Lipinski definition) is 0. The Morgan fingerprint density at radius 3 is 2.52 bits per heavy atom. The lowest BCUT2D eigenvalue weighted by atomic mass is 10.2. The van der Waals surface area contributed by atoms with Crippen LogP contribution in [0.25, 0.3) is 0 Å². The van der Waals surface area contributed by atoms with E-state index in [4.69, 9.17) is 4.74 Å². The molecular weight excluding hydrogens is 298 g/mol. The quantitative estimate of drug-likeness (QED) is 0.628. The molecule has 0 fully saturated rings. The fourth-order valence-corrected chi connectivity index (χ4v) is 3.49. The van der Waals surface area contributed by atoms with Gasteiger partial charge in [0, 0.05) is 6.92 Å². The van der Waals surface area contributed by atoms with Gasteiger partial charge in [-0.1, -0.05) is 3.97 Å². The summed E-state index contributed by atoms with van der Waals surface area (Å²) in [6.07, 6.45) is 0.920. The molecule has 0 spiro atoms. The second kappa shape index (κ2) is 5.17. The van der Waals surface area contributed by atoms with Gasteiger partial charge in [0.15, 0.2) is 0 Å². The number of nitro groups is 1. The lowest BCUT2D eigenvalue weighted by Gasteiger charge is -2.08. The topological polar surface area (TPSA) is 104 Å². The Labute approximate surface area is 121 Å². The molecule has 0 aliphatic heterocycles. The van der Waals surface area contributed by atoms with E-state index < -0.39 is 20.8 Å². The molecule has 1 aromatic carbocycles. The molecule has 0 aliphatic rings. The first kappa shape index (κ1) is 15.0. The number of aryl methyl sites for hydroxylation is 2. The first-order chi connectivity index (χ1) is 9.78. The van der Waals surface area contributed by atoms with Gasteiger partial charge in [-0.15, -0.1) is 0 Å². The summed E-state index contributed by atoms with van der Waals surface area (Å²) in [5.74, 6) is -0.0399. The highest BCUT2D eigenvalue weighted by Crippen LogP contribution is 2.26. The van der Waals surface area contributed by atoms with Crippen molar-refractivity contribution < 1.29 is 18.1 Å². The third-order valence-electron chi connectivity index (χ3n) is 2.96. The molecule has 2 aromatic rings. The van der Waals surface area contributed by atoms with E-state index in [1.807, 2.05) is 0 Å². The molecule has 0 atom stereocenters. The molecule has 0 amide bonds. The molecule has 0 N–H and O–H groups in total. The second-order valence-corrected chi connectivity index (χ2v) is 6.11. The van der Waals surface area contributed by atoms with Crippen molar-refractivity contribution in [2.45, 2.75) is 18.7 Å². The minimum atomic E-state index is -4.09. The number of nitrogens with zero attached hydrogens (tertiary/aromatic N) is 3. The highest BCUT2D eigenvalue weighted by molar-refractivity contribution is 7.90. The van der Waals surface area contributed by atoms with E-state index in [2.05, 4.69) is 4.98 Å². The standard InChI is InChI=1S/C12H13N3O5S/c1-8-6-10(4-5-11(8)20-3)21(18,19)14-9(2)13-7-12(14)15(16)17/h4-7H,1-3H3. The van der Waals surface area contributed by atoms with Gasteiger partial charge in [-0.05, 0) is 35.6 Å². The van der Waals surface area contributed by atoms with Gasteiger partial charge < -0.3 is 14.9 Å². The Morgan fingerprint density at radius 2 is 2.00 bits per heavy atom. The predicted molar refractivity (Wildman–Crippen MR) is 73.9 cm³/mol. The number of ether oxygens (including phenoxy) is 1. The number of aromatic nitrogens is 2. The van der Waals surface area contributed by atoms with E-state index in [1.54, 1.807) is 6.92 Å². The minimum absolute atomic E-state index is 0.0233. The highest BCUT2D eigenvalue weighted by atomic mass is 32.2. The summed E-state index contributed by atoms with van der Waals surface area (Å²) >= 11 is 0. The van der Waals surface area contributed by atoms with Crippen molar-refractivity contribution in [2.24, 2.45) is 0 Å². The largest absolute Gasteiger partial charge is 0.496 e. The lowest BCUT2D eigenvalue weighted by molar-refractivity contribution is -0.390. The summed E-state index contributed by atoms with van der Waals surface area (Å²) in [6, 6.07) is 4.24. The van der Waals surface area contributed by atoms with Gasteiger partial charge in [0.2, 0.25) is 5.82 Å². The number of benzene rings is 1. The Bertz CT molecular complexity index is 810. The van der Waals surface area contributed by atoms with Gasteiger partial charge in [0.1, 0.15) is 16.8 Å². The minimum Gasteiger partial charge on any atom is -0.496 e. The van der Waals surface area contributed by atoms with Crippen LogP contribution in [0.4, 0.5) is 5.82 Å². The normalized spacial score (nSPS) is 11.4. The van der Waals surface area contributed by atoms with E-state index in [9.17, 15) is 18.5 Å². The van der Waals surface area contributed by atoms with Crippen molar-refractivity contribution in [1.82, 2.24) is 8.96 Å². The van der Waals surface area contributed by atoms with Crippen LogP contribution in [0.1, 0.15) is 11.4 Å². The maximum Gasteiger partial charge on any atom is 0.358 e. The van der Waals surface area contributed by atoms with Crippen LogP contribution in [-0.2, 0) is 10.0 Å². The summed E-state index contributed by atoms with van der Waals surface area (Å²) in [5, 5.41) is 10.9. The maximum absolute atomic E-state index is 12.6. The molecule has 1 heterocycles. The zero-order chi connectivity index (χ0) is 15.8. The third kappa shape index (κ3) is 2.47. The number of methoxy groups -OCH3 is 1. The molecule has 2 rings (SSSR count). The van der Waals surface area contributed by atoms with E-state index in [0.717, 1.165) is 6.20 Å². The van der Waals surface area contributed by atoms with Gasteiger partial charge in [-0.2, -0.15) is 8.42 Å². The fraction of sp³-hybridized carbons (Fsp3) is 0.250. The zero-order valence-electron chi connectivity index (χ0n) is 11.6. The Balaban J connectivity index is 2.65. The summed E-state index contributed by atoms with van der Waals surface area (Å²) < 4.78 is 30.8. The fourth-order valence-electron chi connectivity index (χ4n) is 1.96. The van der Waals surface area contributed by atoms with Gasteiger partial charge in [0.25, 0.3) is 0 Å². The molecule has 0 saturated carbocycles. The Hall–Kier alpha value is -2.42. The summed E-state index contributed by atoms with van der Waals surface area (Å²) in [6.45, 7) is 3.08. The molecule has 8 nitrogen and oxygen atoms in total. The first-order valence-electron chi connectivity index (χ1n) is 5.88. The van der Waals surface area contributed by atoms with E-state index in [1.165, 1.54) is 32.2 Å². The SMILES string of the molecule is COc1ccc(S(=O)(=O)n2c([N+](=O)[O-])cnc2C)cc1C. The Morgan fingerprint density at radius 1 is 1.33 bits per heavy atom. The molecule has 21 heavy (non-hydrogen) atoms. The van der Waals surface area contributed by atoms with Crippen molar-refractivity contribution in [3.63, 3.8) is 0 Å². The van der Waals surface area contributed by atoms with Crippen LogP contribution >= 0.6 is 0 Å². The van der Waals surface area contributed by atoms with E-state index >= 15 is 0 Å². The van der Waals surface area contributed by atoms with Crippen molar-refractivity contribution in [1.29, 1.82) is 0 Å². The molecule has 0 unspecified atom stereocenters. The summed E-state index contributed by atoms with van der Waals surface area (Å²) in [5.41, 5.74) is 0.610. The summed E-state index contributed by atoms with van der Waals surface area (Å²) in [4.78, 5) is 13.8. The van der Waals surface area contributed by atoms with Crippen molar-refractivity contribution >= 4 is 15.8 Å². The molecule has 1 aromatic heterocycles. The third-order valence-corrected chi connectivity index (χ3v) is 4.74. The van der Waals surface area contributed by atoms with Crippen LogP contribution < -0.4 is 4.74 Å². The zero-order valence-corrected chi connectivity index (χ0v) is 12.4. The van der Waals surface area contributed by atoms with Crippen LogP contribution in [-0.4, -0.2) is 29.4 Å². The number of hydrogen-bond acceptors (Lipinski definition) is 6. The van der Waals surface area contributed by atoms with Crippen LogP contribution in [0.2, 0.25) is 0 Å². The average Bonchev–Trinajstić information content (AvgIpc) is 2.81. The van der Waals surface area contributed by atoms with E-state index in [0.29, 0.717) is 15.3 Å². The van der Waals surface area contributed by atoms with Gasteiger partial charge in [-0.25, -0.2) is 4.98 Å². The van der Waals surface area contributed by atoms with E-state index in [-0.39, 0.29) is 10.7 Å². The van der Waals surface area contributed by atoms with Crippen LogP contribution in [0.15, 0.2) is 29.3 Å². The molecular formula is C12H13N3O5S. The molecule has 9 heteroatoms. The van der Waals surface area contributed by atoms with Crippen LogP contribution in [0.5, 0.6) is 5.75 Å². The molecule has 112 valence electrons. The van der Waals surface area contributed by atoms with Crippen molar-refractivity contribution in [2.75, 3.05) is 7.11 Å². The van der Waals surface area contributed by atoms with Gasteiger partial charge >= 0.3 is 15.8 Å². The smallest absolute Gasteiger partial charge is 0.358 e. The molecule has 0 aliphatic carbocycles. The van der Waals surface area contributed by atoms with Crippen molar-refractivity contribution in [3.05, 3.63) is 45.9 Å². The van der Waals surface area contributed by atoms with Crippen LogP contribution in [0.3, 0.4) is 0 Å². The lowest BCUT2D eigenvalue weighted by Crippen LogP contribution is -2.17. The number of rotatable bonds is 4. The van der Waals surface area contributed by atoms with Crippen LogP contribution in [0, 0.1) is 24.0 Å². The Kier molecular flexibility index (Phi) is 3.69. The monoisotopic (exact) mass is 311 g/mol. The molecule has 0 saturated heterocycles.